The maximum Gasteiger partial charge on any atom is 0.0749 e. The number of hydrogen-bond acceptors (Lipinski definition) is 3. The van der Waals surface area contributed by atoms with Gasteiger partial charge in [-0.3, -0.25) is 9.67 Å². The monoisotopic (exact) mass is 282 g/mol. The standard InChI is InChI=1S/C17H22N4/c1-11-2-5-16(19-9-11)15-10-21(14-6-12(7-14)8-18)20-17(15)13-3-4-13/h2,5,9-10,12-14H,3-4,6-8,18H2,1H3. The first-order valence-corrected chi connectivity index (χ1v) is 7.96. The van der Waals surface area contributed by atoms with E-state index in [4.69, 9.17) is 10.8 Å². The average molecular weight is 282 g/mol. The molecule has 2 aromatic rings. The van der Waals surface area contributed by atoms with Gasteiger partial charge in [0, 0.05) is 23.9 Å². The highest BCUT2D eigenvalue weighted by atomic mass is 15.3. The third-order valence-corrected chi connectivity index (χ3v) is 4.83. The van der Waals surface area contributed by atoms with Crippen molar-refractivity contribution in [1.29, 1.82) is 0 Å². The number of aryl methyl sites for hydroxylation is 1. The van der Waals surface area contributed by atoms with Crippen molar-refractivity contribution < 1.29 is 0 Å². The highest BCUT2D eigenvalue weighted by molar-refractivity contribution is 5.62. The van der Waals surface area contributed by atoms with Gasteiger partial charge in [0.1, 0.15) is 0 Å². The van der Waals surface area contributed by atoms with Gasteiger partial charge in [-0.1, -0.05) is 6.07 Å². The topological polar surface area (TPSA) is 56.7 Å². The second-order valence-electron chi connectivity index (χ2n) is 6.63. The summed E-state index contributed by atoms with van der Waals surface area (Å²) in [5.41, 5.74) is 10.5. The number of rotatable bonds is 4. The Hall–Kier alpha value is -1.68. The molecule has 21 heavy (non-hydrogen) atoms. The van der Waals surface area contributed by atoms with Gasteiger partial charge in [-0.15, -0.1) is 0 Å². The van der Waals surface area contributed by atoms with E-state index < -0.39 is 0 Å². The van der Waals surface area contributed by atoms with Crippen molar-refractivity contribution in [3.63, 3.8) is 0 Å². The molecule has 2 aliphatic carbocycles. The van der Waals surface area contributed by atoms with Gasteiger partial charge in [0.05, 0.1) is 17.4 Å². The van der Waals surface area contributed by atoms with E-state index in [9.17, 15) is 0 Å². The molecule has 0 atom stereocenters. The van der Waals surface area contributed by atoms with E-state index in [1.807, 2.05) is 6.20 Å². The van der Waals surface area contributed by atoms with E-state index in [1.54, 1.807) is 0 Å². The molecule has 2 heterocycles. The summed E-state index contributed by atoms with van der Waals surface area (Å²) in [4.78, 5) is 4.59. The minimum atomic E-state index is 0.537. The van der Waals surface area contributed by atoms with Gasteiger partial charge in [0.2, 0.25) is 0 Å². The van der Waals surface area contributed by atoms with Crippen molar-refractivity contribution in [2.75, 3.05) is 6.54 Å². The maximum atomic E-state index is 5.73. The fraction of sp³-hybridized carbons (Fsp3) is 0.529. The Labute approximate surface area is 125 Å². The van der Waals surface area contributed by atoms with Crippen LogP contribution in [0.5, 0.6) is 0 Å². The van der Waals surface area contributed by atoms with E-state index >= 15 is 0 Å². The lowest BCUT2D eigenvalue weighted by Gasteiger charge is -2.34. The predicted octanol–water partition coefficient (Wildman–Crippen LogP) is 3.04. The molecular weight excluding hydrogens is 260 g/mol. The summed E-state index contributed by atoms with van der Waals surface area (Å²) in [5, 5.41) is 4.90. The van der Waals surface area contributed by atoms with Gasteiger partial charge in [-0.05, 0) is 56.7 Å². The maximum absolute atomic E-state index is 5.73. The van der Waals surface area contributed by atoms with Crippen LogP contribution in [0.25, 0.3) is 11.3 Å². The fourth-order valence-corrected chi connectivity index (χ4v) is 3.18. The smallest absolute Gasteiger partial charge is 0.0749 e. The molecule has 0 saturated heterocycles. The highest BCUT2D eigenvalue weighted by Gasteiger charge is 2.34. The fourth-order valence-electron chi connectivity index (χ4n) is 3.18. The number of hydrogen-bond donors (Lipinski definition) is 1. The molecule has 0 aliphatic heterocycles. The Bertz CT molecular complexity index is 633. The SMILES string of the molecule is Cc1ccc(-c2cn(C3CC(CN)C3)nc2C2CC2)nc1. The quantitative estimate of drug-likeness (QED) is 0.937. The first-order chi connectivity index (χ1) is 10.2. The van der Waals surface area contributed by atoms with Gasteiger partial charge in [0.15, 0.2) is 0 Å². The van der Waals surface area contributed by atoms with Crippen LogP contribution >= 0.6 is 0 Å². The van der Waals surface area contributed by atoms with Gasteiger partial charge in [-0.25, -0.2) is 0 Å². The molecule has 0 bridgehead atoms. The van der Waals surface area contributed by atoms with Gasteiger partial charge in [0.25, 0.3) is 0 Å². The minimum Gasteiger partial charge on any atom is -0.330 e. The van der Waals surface area contributed by atoms with Crippen molar-refractivity contribution in [2.24, 2.45) is 11.7 Å². The molecule has 2 aliphatic rings. The Balaban J connectivity index is 1.66. The van der Waals surface area contributed by atoms with E-state index in [0.717, 1.165) is 12.2 Å². The molecule has 2 saturated carbocycles. The van der Waals surface area contributed by atoms with Crippen molar-refractivity contribution in [3.8, 4) is 11.3 Å². The molecule has 0 radical (unpaired) electrons. The number of pyridine rings is 1. The molecule has 0 spiro atoms. The van der Waals surface area contributed by atoms with Crippen LogP contribution in [-0.4, -0.2) is 21.3 Å². The van der Waals surface area contributed by atoms with Crippen LogP contribution in [0.4, 0.5) is 0 Å². The molecule has 0 amide bonds. The first-order valence-electron chi connectivity index (χ1n) is 7.96. The molecule has 2 aromatic heterocycles. The number of nitrogens with two attached hydrogens (primary N) is 1. The summed E-state index contributed by atoms with van der Waals surface area (Å²) in [6.45, 7) is 2.88. The van der Waals surface area contributed by atoms with E-state index in [-0.39, 0.29) is 0 Å². The zero-order chi connectivity index (χ0) is 14.4. The van der Waals surface area contributed by atoms with Crippen molar-refractivity contribution >= 4 is 0 Å². The molecule has 4 nitrogen and oxygen atoms in total. The molecule has 110 valence electrons. The Morgan fingerprint density at radius 2 is 2.10 bits per heavy atom. The average Bonchev–Trinajstić information content (AvgIpc) is 3.20. The van der Waals surface area contributed by atoms with E-state index in [1.165, 1.54) is 42.5 Å². The second-order valence-corrected chi connectivity index (χ2v) is 6.63. The predicted molar refractivity (Wildman–Crippen MR) is 83.0 cm³/mol. The summed E-state index contributed by atoms with van der Waals surface area (Å²) in [6, 6.07) is 4.78. The van der Waals surface area contributed by atoms with Crippen LogP contribution in [0.3, 0.4) is 0 Å². The van der Waals surface area contributed by atoms with Crippen LogP contribution in [0.1, 0.15) is 48.9 Å². The third-order valence-electron chi connectivity index (χ3n) is 4.83. The van der Waals surface area contributed by atoms with Gasteiger partial charge < -0.3 is 5.73 Å². The van der Waals surface area contributed by atoms with Crippen LogP contribution in [-0.2, 0) is 0 Å². The van der Waals surface area contributed by atoms with Crippen molar-refractivity contribution in [2.45, 2.75) is 44.6 Å². The summed E-state index contributed by atoms with van der Waals surface area (Å²) >= 11 is 0. The van der Waals surface area contributed by atoms with E-state index in [2.05, 4.69) is 34.9 Å². The Kier molecular flexibility index (Phi) is 3.07. The third kappa shape index (κ3) is 2.38. The molecule has 4 heteroatoms. The zero-order valence-corrected chi connectivity index (χ0v) is 12.5. The van der Waals surface area contributed by atoms with Crippen LogP contribution in [0.15, 0.2) is 24.5 Å². The molecular formula is C17H22N4. The number of nitrogens with zero attached hydrogens (tertiary/aromatic N) is 3. The zero-order valence-electron chi connectivity index (χ0n) is 12.5. The summed E-state index contributed by atoms with van der Waals surface area (Å²) in [6.07, 6.45) is 9.03. The van der Waals surface area contributed by atoms with Crippen molar-refractivity contribution in [3.05, 3.63) is 35.8 Å². The van der Waals surface area contributed by atoms with Crippen LogP contribution in [0, 0.1) is 12.8 Å². The lowest BCUT2D eigenvalue weighted by molar-refractivity contribution is 0.189. The normalized spacial score (nSPS) is 24.9. The summed E-state index contributed by atoms with van der Waals surface area (Å²) in [7, 11) is 0. The summed E-state index contributed by atoms with van der Waals surface area (Å²) in [5.74, 6) is 1.33. The molecule has 0 aromatic carbocycles. The van der Waals surface area contributed by atoms with Crippen LogP contribution < -0.4 is 5.73 Å². The second kappa shape index (κ2) is 4.95. The Morgan fingerprint density at radius 1 is 1.29 bits per heavy atom. The minimum absolute atomic E-state index is 0.537. The van der Waals surface area contributed by atoms with E-state index in [0.29, 0.717) is 17.9 Å². The molecule has 2 N–H and O–H groups in total. The first kappa shape index (κ1) is 13.0. The van der Waals surface area contributed by atoms with Gasteiger partial charge in [-0.2, -0.15) is 5.10 Å². The Morgan fingerprint density at radius 3 is 2.71 bits per heavy atom. The van der Waals surface area contributed by atoms with Gasteiger partial charge >= 0.3 is 0 Å². The largest absolute Gasteiger partial charge is 0.330 e. The molecule has 0 unspecified atom stereocenters. The van der Waals surface area contributed by atoms with Crippen molar-refractivity contribution in [1.82, 2.24) is 14.8 Å². The molecule has 4 rings (SSSR count). The van der Waals surface area contributed by atoms with Crippen LogP contribution in [0.2, 0.25) is 0 Å². The molecule has 2 fully saturated rings. The number of aromatic nitrogens is 3. The lowest BCUT2D eigenvalue weighted by atomic mass is 9.80. The summed E-state index contributed by atoms with van der Waals surface area (Å²) < 4.78 is 2.18. The highest BCUT2D eigenvalue weighted by Crippen LogP contribution is 2.45. The lowest BCUT2D eigenvalue weighted by Crippen LogP contribution is -2.32.